The Morgan fingerprint density at radius 1 is 1.25 bits per heavy atom. The van der Waals surface area contributed by atoms with Gasteiger partial charge in [0.2, 0.25) is 0 Å². The second-order valence-electron chi connectivity index (χ2n) is 3.48. The van der Waals surface area contributed by atoms with Crippen molar-refractivity contribution >= 4 is 22.8 Å². The van der Waals surface area contributed by atoms with Crippen molar-refractivity contribution < 1.29 is 0 Å². The van der Waals surface area contributed by atoms with E-state index in [0.29, 0.717) is 22.5 Å². The molecule has 0 bridgehead atoms. The van der Waals surface area contributed by atoms with Crippen molar-refractivity contribution in [2.24, 2.45) is 0 Å². The molecule has 0 atom stereocenters. The molecule has 16 heavy (non-hydrogen) atoms. The highest BCUT2D eigenvalue weighted by molar-refractivity contribution is 6.33. The van der Waals surface area contributed by atoms with E-state index in [1.807, 2.05) is 25.3 Å². The molecule has 0 unspecified atom stereocenters. The number of aromatic nitrogens is 4. The summed E-state index contributed by atoms with van der Waals surface area (Å²) < 4.78 is 1.98. The van der Waals surface area contributed by atoms with Gasteiger partial charge in [-0.05, 0) is 20.8 Å². The largest absolute Gasteiger partial charge is 0.313 e. The van der Waals surface area contributed by atoms with Gasteiger partial charge in [-0.15, -0.1) is 0 Å². The minimum Gasteiger partial charge on any atom is -0.313 e. The molecule has 4 nitrogen and oxygen atoms in total. The minimum absolute atomic E-state index is 0.324. The molecular formula is C11H17ClN4. The predicted octanol–water partition coefficient (Wildman–Crippen LogP) is 3.40. The van der Waals surface area contributed by atoms with Crippen molar-refractivity contribution in [1.82, 2.24) is 19.5 Å². The zero-order valence-electron chi connectivity index (χ0n) is 10.3. The first-order valence-electron chi connectivity index (χ1n) is 5.46. The third-order valence-electron chi connectivity index (χ3n) is 2.05. The Morgan fingerprint density at radius 2 is 1.88 bits per heavy atom. The number of rotatable bonds is 1. The molecule has 2 aromatic rings. The Bertz CT molecular complexity index is 476. The van der Waals surface area contributed by atoms with Crippen LogP contribution in [0, 0.1) is 6.92 Å². The van der Waals surface area contributed by atoms with Gasteiger partial charge in [0.25, 0.3) is 0 Å². The van der Waals surface area contributed by atoms with Gasteiger partial charge < -0.3 is 4.57 Å². The molecule has 0 saturated carbocycles. The second-order valence-corrected chi connectivity index (χ2v) is 3.84. The van der Waals surface area contributed by atoms with Crippen LogP contribution in [0.4, 0.5) is 0 Å². The molecule has 0 amide bonds. The summed E-state index contributed by atoms with van der Waals surface area (Å²) in [5.41, 5.74) is 1.48. The molecule has 0 fully saturated rings. The molecule has 2 heterocycles. The maximum absolute atomic E-state index is 5.95. The van der Waals surface area contributed by atoms with Crippen molar-refractivity contribution in [3.63, 3.8) is 0 Å². The molecule has 0 spiro atoms. The predicted molar refractivity (Wildman–Crippen MR) is 66.8 cm³/mol. The van der Waals surface area contributed by atoms with Gasteiger partial charge in [0.1, 0.15) is 11.3 Å². The molecule has 0 radical (unpaired) electrons. The third-order valence-corrected chi connectivity index (χ3v) is 2.31. The van der Waals surface area contributed by atoms with Gasteiger partial charge in [0.05, 0.1) is 6.33 Å². The molecule has 0 aromatic carbocycles. The van der Waals surface area contributed by atoms with Crippen molar-refractivity contribution in [3.05, 3.63) is 17.3 Å². The van der Waals surface area contributed by atoms with Gasteiger partial charge in [-0.25, -0.2) is 15.0 Å². The maximum Gasteiger partial charge on any atom is 0.165 e. The fourth-order valence-electron chi connectivity index (χ4n) is 1.36. The highest BCUT2D eigenvalue weighted by atomic mass is 35.5. The topological polar surface area (TPSA) is 43.6 Å². The summed E-state index contributed by atoms with van der Waals surface area (Å²) in [4.78, 5) is 12.6. The fourth-order valence-corrected chi connectivity index (χ4v) is 1.62. The first-order chi connectivity index (χ1) is 7.59. The van der Waals surface area contributed by atoms with Gasteiger partial charge in [-0.3, -0.25) is 0 Å². The molecule has 0 N–H and O–H groups in total. The highest BCUT2D eigenvalue weighted by Crippen LogP contribution is 2.20. The first-order valence-corrected chi connectivity index (χ1v) is 5.84. The van der Waals surface area contributed by atoms with Crippen LogP contribution in [-0.4, -0.2) is 19.5 Å². The summed E-state index contributed by atoms with van der Waals surface area (Å²) in [6.45, 7) is 9.97. The van der Waals surface area contributed by atoms with E-state index in [1.165, 1.54) is 0 Å². The number of hydrogen-bond acceptors (Lipinski definition) is 3. The van der Waals surface area contributed by atoms with Crippen LogP contribution in [0.25, 0.3) is 11.2 Å². The van der Waals surface area contributed by atoms with Crippen LogP contribution in [0.5, 0.6) is 0 Å². The SMILES string of the molecule is CC.Cc1nc(Cl)c2ncn(C(C)C)c2n1. The molecule has 5 heteroatoms. The molecule has 0 aliphatic heterocycles. The lowest BCUT2D eigenvalue weighted by Crippen LogP contribution is -2.01. The quantitative estimate of drug-likeness (QED) is 0.718. The monoisotopic (exact) mass is 240 g/mol. The maximum atomic E-state index is 5.95. The van der Waals surface area contributed by atoms with E-state index in [0.717, 1.165) is 5.65 Å². The van der Waals surface area contributed by atoms with Crippen LogP contribution in [-0.2, 0) is 0 Å². The second kappa shape index (κ2) is 5.25. The molecule has 2 aromatic heterocycles. The van der Waals surface area contributed by atoms with E-state index in [9.17, 15) is 0 Å². The first kappa shape index (κ1) is 12.9. The van der Waals surface area contributed by atoms with Crippen LogP contribution in [0.15, 0.2) is 6.33 Å². The number of hydrogen-bond donors (Lipinski definition) is 0. The van der Waals surface area contributed by atoms with Crippen LogP contribution >= 0.6 is 11.6 Å². The lowest BCUT2D eigenvalue weighted by Gasteiger charge is -2.06. The van der Waals surface area contributed by atoms with E-state index >= 15 is 0 Å². The lowest BCUT2D eigenvalue weighted by molar-refractivity contribution is 0.612. The summed E-state index contributed by atoms with van der Waals surface area (Å²) in [5, 5.41) is 0.423. The van der Waals surface area contributed by atoms with Crippen LogP contribution in [0.2, 0.25) is 5.15 Å². The molecular weight excluding hydrogens is 224 g/mol. The Hall–Kier alpha value is -1.16. The Morgan fingerprint density at radius 3 is 2.44 bits per heavy atom. The van der Waals surface area contributed by atoms with Crippen molar-refractivity contribution in [2.75, 3.05) is 0 Å². The van der Waals surface area contributed by atoms with Gasteiger partial charge in [0.15, 0.2) is 10.8 Å². The van der Waals surface area contributed by atoms with Crippen molar-refractivity contribution in [1.29, 1.82) is 0 Å². The summed E-state index contributed by atoms with van der Waals surface area (Å²) in [5.74, 6) is 0.671. The fraction of sp³-hybridized carbons (Fsp3) is 0.545. The van der Waals surface area contributed by atoms with Crippen molar-refractivity contribution in [2.45, 2.75) is 40.7 Å². The van der Waals surface area contributed by atoms with E-state index in [2.05, 4.69) is 28.8 Å². The van der Waals surface area contributed by atoms with Gasteiger partial charge >= 0.3 is 0 Å². The molecule has 0 saturated heterocycles. The Labute approximate surface area is 101 Å². The Kier molecular flexibility index (Phi) is 4.24. The summed E-state index contributed by atoms with van der Waals surface area (Å²) in [6.07, 6.45) is 1.75. The minimum atomic E-state index is 0.324. The molecule has 2 rings (SSSR count). The van der Waals surface area contributed by atoms with Gasteiger partial charge in [0, 0.05) is 6.04 Å². The number of fused-ring (bicyclic) bond motifs is 1. The summed E-state index contributed by atoms with van der Waals surface area (Å²) >= 11 is 5.95. The van der Waals surface area contributed by atoms with E-state index < -0.39 is 0 Å². The standard InChI is InChI=1S/C9H11ClN4.C2H6/c1-5(2)14-4-11-7-8(10)12-6(3)13-9(7)14;1-2/h4-5H,1-3H3;1-2H3. The van der Waals surface area contributed by atoms with Gasteiger partial charge in [-0.2, -0.15) is 0 Å². The third kappa shape index (κ3) is 2.32. The average Bonchev–Trinajstić information content (AvgIpc) is 2.64. The summed E-state index contributed by atoms with van der Waals surface area (Å²) in [7, 11) is 0. The molecule has 0 aliphatic carbocycles. The smallest absolute Gasteiger partial charge is 0.165 e. The van der Waals surface area contributed by atoms with Gasteiger partial charge in [-0.1, -0.05) is 25.4 Å². The zero-order valence-corrected chi connectivity index (χ0v) is 11.1. The van der Waals surface area contributed by atoms with E-state index in [-0.39, 0.29) is 0 Å². The van der Waals surface area contributed by atoms with E-state index in [1.54, 1.807) is 6.33 Å². The lowest BCUT2D eigenvalue weighted by atomic mass is 10.4. The zero-order chi connectivity index (χ0) is 12.3. The number of halogens is 1. The normalized spacial score (nSPS) is 10.4. The number of aryl methyl sites for hydroxylation is 1. The highest BCUT2D eigenvalue weighted by Gasteiger charge is 2.11. The molecule has 88 valence electrons. The summed E-state index contributed by atoms with van der Waals surface area (Å²) in [6, 6.07) is 0.324. The van der Waals surface area contributed by atoms with Crippen LogP contribution < -0.4 is 0 Å². The molecule has 0 aliphatic rings. The van der Waals surface area contributed by atoms with Crippen LogP contribution in [0.3, 0.4) is 0 Å². The van der Waals surface area contributed by atoms with E-state index in [4.69, 9.17) is 11.6 Å². The number of imidazole rings is 1. The average molecular weight is 241 g/mol. The Balaban J connectivity index is 0.000000606. The number of nitrogens with zero attached hydrogens (tertiary/aromatic N) is 4. The van der Waals surface area contributed by atoms with Crippen molar-refractivity contribution in [3.8, 4) is 0 Å². The van der Waals surface area contributed by atoms with Crippen LogP contribution in [0.1, 0.15) is 39.6 Å².